The van der Waals surface area contributed by atoms with Crippen molar-refractivity contribution in [2.75, 3.05) is 6.54 Å². The normalized spacial score (nSPS) is 20.4. The molecule has 146 valence electrons. The minimum atomic E-state index is -0.995. The molecule has 0 aliphatic carbocycles. The molecule has 1 saturated heterocycles. The Labute approximate surface area is 163 Å². The molecule has 0 aromatic heterocycles. The first-order chi connectivity index (χ1) is 13.4. The van der Waals surface area contributed by atoms with E-state index in [0.29, 0.717) is 19.4 Å². The van der Waals surface area contributed by atoms with Crippen molar-refractivity contribution in [1.82, 2.24) is 4.90 Å². The predicted molar refractivity (Wildman–Crippen MR) is 103 cm³/mol. The minimum Gasteiger partial charge on any atom is -0.478 e. The number of carbonyl (C=O) groups excluding carboxylic acids is 1. The summed E-state index contributed by atoms with van der Waals surface area (Å²) in [5, 5.41) is 9.02. The molecular formula is C22H22FNO4. The molecule has 1 N–H and O–H groups in total. The van der Waals surface area contributed by atoms with Gasteiger partial charge in [-0.05, 0) is 42.3 Å². The van der Waals surface area contributed by atoms with Gasteiger partial charge < -0.3 is 14.7 Å². The number of carbonyl (C=O) groups is 2. The summed E-state index contributed by atoms with van der Waals surface area (Å²) in [6.45, 7) is 6.09. The van der Waals surface area contributed by atoms with Gasteiger partial charge in [-0.15, -0.1) is 6.58 Å². The summed E-state index contributed by atoms with van der Waals surface area (Å²) in [5.41, 5.74) is 0.884. The summed E-state index contributed by atoms with van der Waals surface area (Å²) < 4.78 is 19.2. The highest BCUT2D eigenvalue weighted by molar-refractivity contribution is 5.87. The molecule has 2 aromatic rings. The lowest BCUT2D eigenvalue weighted by molar-refractivity contribution is -0.0588. The molecule has 5 nitrogen and oxygen atoms in total. The van der Waals surface area contributed by atoms with Gasteiger partial charge in [0.05, 0.1) is 11.6 Å². The number of hydrogen-bond donors (Lipinski definition) is 1. The van der Waals surface area contributed by atoms with Crippen LogP contribution >= 0.6 is 0 Å². The lowest BCUT2D eigenvalue weighted by atomic mass is 9.85. The fourth-order valence-corrected chi connectivity index (χ4v) is 3.56. The van der Waals surface area contributed by atoms with Crippen LogP contribution in [0.4, 0.5) is 9.18 Å². The number of carboxylic acids is 1. The van der Waals surface area contributed by atoms with Gasteiger partial charge in [0, 0.05) is 19.4 Å². The molecule has 1 aliphatic rings. The maximum Gasteiger partial charge on any atom is 0.411 e. The van der Waals surface area contributed by atoms with E-state index in [4.69, 9.17) is 9.84 Å². The number of benzene rings is 2. The maximum absolute atomic E-state index is 13.3. The summed E-state index contributed by atoms with van der Waals surface area (Å²) in [6, 6.07) is 12.1. The van der Waals surface area contributed by atoms with Gasteiger partial charge in [0.2, 0.25) is 0 Å². The number of halogens is 1. The fourth-order valence-electron chi connectivity index (χ4n) is 3.56. The van der Waals surface area contributed by atoms with E-state index in [1.165, 1.54) is 24.3 Å². The highest BCUT2D eigenvalue weighted by Crippen LogP contribution is 2.39. The molecule has 0 radical (unpaired) electrons. The van der Waals surface area contributed by atoms with E-state index < -0.39 is 17.7 Å². The van der Waals surface area contributed by atoms with Crippen molar-refractivity contribution >= 4 is 12.1 Å². The first-order valence-corrected chi connectivity index (χ1v) is 9.06. The number of carboxylic acid groups (broad SMARTS) is 1. The third-order valence-corrected chi connectivity index (χ3v) is 5.23. The number of rotatable bonds is 6. The molecule has 6 heteroatoms. The highest BCUT2D eigenvalue weighted by Gasteiger charge is 2.42. The molecule has 2 atom stereocenters. The highest BCUT2D eigenvalue weighted by atomic mass is 19.1. The van der Waals surface area contributed by atoms with E-state index in [0.717, 1.165) is 11.1 Å². The van der Waals surface area contributed by atoms with Gasteiger partial charge in [-0.1, -0.05) is 30.3 Å². The van der Waals surface area contributed by atoms with Crippen molar-refractivity contribution in [2.45, 2.75) is 31.4 Å². The average molecular weight is 383 g/mol. The number of nitrogens with zero attached hydrogens (tertiary/aromatic N) is 1. The lowest BCUT2D eigenvalue weighted by Gasteiger charge is -2.43. The Balaban J connectivity index is 1.80. The Morgan fingerprint density at radius 2 is 1.93 bits per heavy atom. The van der Waals surface area contributed by atoms with Gasteiger partial charge in [-0.3, -0.25) is 0 Å². The second-order valence-electron chi connectivity index (χ2n) is 6.91. The molecule has 1 fully saturated rings. The molecule has 28 heavy (non-hydrogen) atoms. The van der Waals surface area contributed by atoms with Crippen molar-refractivity contribution in [2.24, 2.45) is 0 Å². The van der Waals surface area contributed by atoms with Gasteiger partial charge in [0.25, 0.3) is 0 Å². The van der Waals surface area contributed by atoms with Gasteiger partial charge in [0.1, 0.15) is 11.4 Å². The van der Waals surface area contributed by atoms with Crippen LogP contribution in [0.25, 0.3) is 0 Å². The van der Waals surface area contributed by atoms with Crippen LogP contribution in [-0.4, -0.2) is 28.6 Å². The summed E-state index contributed by atoms with van der Waals surface area (Å²) in [4.78, 5) is 25.4. The van der Waals surface area contributed by atoms with Gasteiger partial charge in [0.15, 0.2) is 0 Å². The maximum atomic E-state index is 13.3. The van der Waals surface area contributed by atoms with Crippen LogP contribution in [0.1, 0.15) is 47.3 Å². The molecule has 0 spiro atoms. The van der Waals surface area contributed by atoms with Crippen molar-refractivity contribution in [3.8, 4) is 0 Å². The van der Waals surface area contributed by atoms with E-state index in [1.807, 2.05) is 6.92 Å². The topological polar surface area (TPSA) is 66.8 Å². The zero-order valence-corrected chi connectivity index (χ0v) is 15.6. The Kier molecular flexibility index (Phi) is 5.49. The van der Waals surface area contributed by atoms with E-state index in [2.05, 4.69) is 6.58 Å². The number of hydrogen-bond acceptors (Lipinski definition) is 3. The second-order valence-corrected chi connectivity index (χ2v) is 6.91. The summed E-state index contributed by atoms with van der Waals surface area (Å²) in [5.74, 6) is -1.34. The molecule has 1 heterocycles. The third-order valence-electron chi connectivity index (χ3n) is 5.23. The molecule has 3 rings (SSSR count). The number of aromatic carboxylic acids is 1. The van der Waals surface area contributed by atoms with Crippen LogP contribution < -0.4 is 0 Å². The van der Waals surface area contributed by atoms with E-state index in [1.54, 1.807) is 35.2 Å². The van der Waals surface area contributed by atoms with Gasteiger partial charge in [-0.2, -0.15) is 0 Å². The molecule has 0 saturated carbocycles. The number of ether oxygens (including phenoxy) is 1. The van der Waals surface area contributed by atoms with Crippen LogP contribution in [0.15, 0.2) is 61.2 Å². The zero-order chi connectivity index (χ0) is 20.3. The monoisotopic (exact) mass is 383 g/mol. The van der Waals surface area contributed by atoms with E-state index in [-0.39, 0.29) is 17.4 Å². The number of cyclic esters (lactones) is 1. The first-order valence-electron chi connectivity index (χ1n) is 9.06. The van der Waals surface area contributed by atoms with Crippen molar-refractivity contribution < 1.29 is 23.8 Å². The SMILES string of the molecule is C=CCC1(c2ccc(F)cc2)CCN(C(C)c2ccc(C(=O)O)cc2)C(=O)O1. The minimum absolute atomic E-state index is 0.193. The Hall–Kier alpha value is -3.15. The quantitative estimate of drug-likeness (QED) is 0.721. The zero-order valence-electron chi connectivity index (χ0n) is 15.6. The molecule has 1 aliphatic heterocycles. The van der Waals surface area contributed by atoms with Crippen molar-refractivity contribution in [1.29, 1.82) is 0 Å². The molecule has 2 unspecified atom stereocenters. The lowest BCUT2D eigenvalue weighted by Crippen LogP contribution is -2.48. The molecule has 2 aromatic carbocycles. The molecule has 0 bridgehead atoms. The average Bonchev–Trinajstić information content (AvgIpc) is 2.68. The summed E-state index contributed by atoms with van der Waals surface area (Å²) in [7, 11) is 0. The van der Waals surface area contributed by atoms with Gasteiger partial charge >= 0.3 is 12.1 Å². The predicted octanol–water partition coefficient (Wildman–Crippen LogP) is 4.90. The van der Waals surface area contributed by atoms with E-state index >= 15 is 0 Å². The standard InChI is InChI=1S/C22H22FNO4/c1-3-12-22(18-8-10-19(23)11-9-18)13-14-24(21(27)28-22)15(2)16-4-6-17(7-5-16)20(25)26/h3-11,15H,1,12-14H2,2H3,(H,25,26). The Morgan fingerprint density at radius 3 is 2.46 bits per heavy atom. The first kappa shape index (κ1) is 19.6. The van der Waals surface area contributed by atoms with Crippen LogP contribution in [-0.2, 0) is 10.3 Å². The Bertz CT molecular complexity index is 878. The summed E-state index contributed by atoms with van der Waals surface area (Å²) in [6.07, 6.45) is 2.20. The van der Waals surface area contributed by atoms with E-state index in [9.17, 15) is 14.0 Å². The second kappa shape index (κ2) is 7.84. The van der Waals surface area contributed by atoms with Crippen LogP contribution in [0, 0.1) is 5.82 Å². The third kappa shape index (κ3) is 3.76. The largest absolute Gasteiger partial charge is 0.478 e. The molecule has 1 amide bonds. The van der Waals surface area contributed by atoms with Crippen LogP contribution in [0.2, 0.25) is 0 Å². The van der Waals surface area contributed by atoms with Crippen molar-refractivity contribution in [3.63, 3.8) is 0 Å². The number of amides is 1. The van der Waals surface area contributed by atoms with Gasteiger partial charge in [-0.25, -0.2) is 14.0 Å². The van der Waals surface area contributed by atoms with Crippen LogP contribution in [0.3, 0.4) is 0 Å². The smallest absolute Gasteiger partial charge is 0.411 e. The van der Waals surface area contributed by atoms with Crippen molar-refractivity contribution in [3.05, 3.63) is 83.7 Å². The molecular weight excluding hydrogens is 361 g/mol. The fraction of sp³-hybridized carbons (Fsp3) is 0.273. The summed E-state index contributed by atoms with van der Waals surface area (Å²) >= 11 is 0. The van der Waals surface area contributed by atoms with Crippen LogP contribution in [0.5, 0.6) is 0 Å². The Morgan fingerprint density at radius 1 is 1.29 bits per heavy atom.